The number of benzene rings is 2. The minimum atomic E-state index is -4.44. The molecular formula is C20H22F3N3O3. The van der Waals surface area contributed by atoms with Gasteiger partial charge in [-0.15, -0.1) is 0 Å². The smallest absolute Gasteiger partial charge is 0.416 e. The number of ether oxygens (including phenoxy) is 1. The summed E-state index contributed by atoms with van der Waals surface area (Å²) in [4.78, 5) is 23.4. The van der Waals surface area contributed by atoms with Crippen molar-refractivity contribution in [2.45, 2.75) is 19.1 Å². The van der Waals surface area contributed by atoms with Crippen molar-refractivity contribution < 1.29 is 27.5 Å². The number of halogens is 3. The highest BCUT2D eigenvalue weighted by molar-refractivity contribution is 5.78. The Balaban J connectivity index is 1.56. The summed E-state index contributed by atoms with van der Waals surface area (Å²) in [5.74, 6) is -0.126. The van der Waals surface area contributed by atoms with Crippen molar-refractivity contribution in [3.8, 4) is 5.75 Å². The Hall–Kier alpha value is -3.23. The van der Waals surface area contributed by atoms with Crippen LogP contribution >= 0.6 is 0 Å². The maximum atomic E-state index is 12.6. The van der Waals surface area contributed by atoms with Gasteiger partial charge in [0.05, 0.1) is 12.1 Å². The Morgan fingerprint density at radius 1 is 0.897 bits per heavy atom. The van der Waals surface area contributed by atoms with Gasteiger partial charge in [-0.3, -0.25) is 4.79 Å². The standard InChI is InChI=1S/C20H22F3N3O3/c21-20(22,23)16-7-4-8-17(13-16)29-12-11-25-19(28)24-10-9-18(27)26-14-15-5-2-1-3-6-15/h1-8,13H,9-12,14H2,(H,26,27)(H2,24,25,28). The summed E-state index contributed by atoms with van der Waals surface area (Å²) in [6.07, 6.45) is -4.31. The lowest BCUT2D eigenvalue weighted by atomic mass is 10.2. The van der Waals surface area contributed by atoms with Crippen LogP contribution in [0.15, 0.2) is 54.6 Å². The van der Waals surface area contributed by atoms with Crippen LogP contribution in [-0.2, 0) is 17.5 Å². The van der Waals surface area contributed by atoms with Crippen LogP contribution < -0.4 is 20.7 Å². The molecule has 0 bridgehead atoms. The third-order valence-electron chi connectivity index (χ3n) is 3.79. The quantitative estimate of drug-likeness (QED) is 0.557. The number of alkyl halides is 3. The molecule has 0 unspecified atom stereocenters. The minimum absolute atomic E-state index is 0.00624. The van der Waals surface area contributed by atoms with E-state index in [1.54, 1.807) is 0 Å². The summed E-state index contributed by atoms with van der Waals surface area (Å²) in [5, 5.41) is 7.77. The Bertz CT molecular complexity index is 798. The lowest BCUT2D eigenvalue weighted by Gasteiger charge is -2.11. The van der Waals surface area contributed by atoms with E-state index in [1.165, 1.54) is 12.1 Å². The van der Waals surface area contributed by atoms with Crippen LogP contribution in [-0.4, -0.2) is 31.6 Å². The van der Waals surface area contributed by atoms with Crippen LogP contribution in [0.4, 0.5) is 18.0 Å². The first kappa shape index (κ1) is 22.1. The highest BCUT2D eigenvalue weighted by atomic mass is 19.4. The van der Waals surface area contributed by atoms with Crippen LogP contribution in [0.25, 0.3) is 0 Å². The van der Waals surface area contributed by atoms with Crippen molar-refractivity contribution in [1.29, 1.82) is 0 Å². The lowest BCUT2D eigenvalue weighted by molar-refractivity contribution is -0.137. The normalized spacial score (nSPS) is 10.9. The van der Waals surface area contributed by atoms with Gasteiger partial charge in [0.1, 0.15) is 12.4 Å². The molecule has 0 aliphatic heterocycles. The molecular weight excluding hydrogens is 387 g/mol. The minimum Gasteiger partial charge on any atom is -0.492 e. The van der Waals surface area contributed by atoms with Gasteiger partial charge in [-0.2, -0.15) is 13.2 Å². The van der Waals surface area contributed by atoms with E-state index in [0.717, 1.165) is 17.7 Å². The van der Waals surface area contributed by atoms with Crippen molar-refractivity contribution in [2.24, 2.45) is 0 Å². The zero-order chi connectivity index (χ0) is 21.1. The van der Waals surface area contributed by atoms with Gasteiger partial charge in [0.25, 0.3) is 0 Å². The molecule has 29 heavy (non-hydrogen) atoms. The zero-order valence-corrected chi connectivity index (χ0v) is 15.6. The number of urea groups is 1. The molecule has 2 aromatic rings. The zero-order valence-electron chi connectivity index (χ0n) is 15.6. The van der Waals surface area contributed by atoms with E-state index in [-0.39, 0.29) is 37.8 Å². The number of amides is 3. The fraction of sp³-hybridized carbons (Fsp3) is 0.300. The Labute approximate surface area is 166 Å². The predicted molar refractivity (Wildman–Crippen MR) is 101 cm³/mol. The van der Waals surface area contributed by atoms with Crippen LogP contribution in [0.3, 0.4) is 0 Å². The van der Waals surface area contributed by atoms with Gasteiger partial charge in [0.15, 0.2) is 0 Å². The van der Waals surface area contributed by atoms with E-state index in [1.807, 2.05) is 30.3 Å². The highest BCUT2D eigenvalue weighted by Gasteiger charge is 2.30. The maximum Gasteiger partial charge on any atom is 0.416 e. The maximum absolute atomic E-state index is 12.6. The molecule has 0 saturated heterocycles. The Kier molecular flexibility index (Phi) is 8.32. The van der Waals surface area contributed by atoms with Crippen molar-refractivity contribution in [3.05, 3.63) is 65.7 Å². The molecule has 0 radical (unpaired) electrons. The van der Waals surface area contributed by atoms with Gasteiger partial charge in [-0.25, -0.2) is 4.79 Å². The summed E-state index contributed by atoms with van der Waals surface area (Å²) in [6.45, 7) is 0.675. The monoisotopic (exact) mass is 409 g/mol. The number of carbonyl (C=O) groups is 2. The third kappa shape index (κ3) is 8.54. The van der Waals surface area contributed by atoms with E-state index in [0.29, 0.717) is 6.54 Å². The topological polar surface area (TPSA) is 79.5 Å². The molecule has 2 rings (SSSR count). The Morgan fingerprint density at radius 3 is 2.34 bits per heavy atom. The highest BCUT2D eigenvalue weighted by Crippen LogP contribution is 2.31. The fourth-order valence-electron chi connectivity index (χ4n) is 2.33. The van der Waals surface area contributed by atoms with Gasteiger partial charge < -0.3 is 20.7 Å². The summed E-state index contributed by atoms with van der Waals surface area (Å²) >= 11 is 0. The molecule has 156 valence electrons. The van der Waals surface area contributed by atoms with E-state index in [9.17, 15) is 22.8 Å². The first-order chi connectivity index (χ1) is 13.8. The third-order valence-corrected chi connectivity index (χ3v) is 3.79. The predicted octanol–water partition coefficient (Wildman–Crippen LogP) is 3.09. The number of hydrogen-bond acceptors (Lipinski definition) is 3. The molecule has 0 saturated carbocycles. The number of hydrogen-bond donors (Lipinski definition) is 3. The van der Waals surface area contributed by atoms with Crippen LogP contribution in [0.2, 0.25) is 0 Å². The van der Waals surface area contributed by atoms with E-state index in [4.69, 9.17) is 4.74 Å². The van der Waals surface area contributed by atoms with Gasteiger partial charge in [0.2, 0.25) is 5.91 Å². The van der Waals surface area contributed by atoms with E-state index >= 15 is 0 Å². The van der Waals surface area contributed by atoms with Crippen LogP contribution in [0, 0.1) is 0 Å². The average molecular weight is 409 g/mol. The first-order valence-electron chi connectivity index (χ1n) is 8.97. The van der Waals surface area contributed by atoms with Gasteiger partial charge in [-0.05, 0) is 23.8 Å². The summed E-state index contributed by atoms with van der Waals surface area (Å²) in [5.41, 5.74) is 0.179. The van der Waals surface area contributed by atoms with Crippen molar-refractivity contribution in [2.75, 3.05) is 19.7 Å². The average Bonchev–Trinajstić information content (AvgIpc) is 2.70. The molecule has 3 amide bonds. The second kappa shape index (κ2) is 10.9. The number of rotatable bonds is 9. The molecule has 0 aliphatic rings. The SMILES string of the molecule is O=C(CCNC(=O)NCCOc1cccc(C(F)(F)F)c1)NCc1ccccc1. The van der Waals surface area contributed by atoms with Crippen molar-refractivity contribution in [3.63, 3.8) is 0 Å². The molecule has 6 nitrogen and oxygen atoms in total. The summed E-state index contributed by atoms with van der Waals surface area (Å²) in [6, 6.07) is 13.5. The summed E-state index contributed by atoms with van der Waals surface area (Å²) in [7, 11) is 0. The van der Waals surface area contributed by atoms with E-state index in [2.05, 4.69) is 16.0 Å². The van der Waals surface area contributed by atoms with Crippen LogP contribution in [0.5, 0.6) is 5.75 Å². The largest absolute Gasteiger partial charge is 0.492 e. The second-order valence-corrected chi connectivity index (χ2v) is 6.07. The fourth-order valence-corrected chi connectivity index (χ4v) is 2.33. The molecule has 2 aromatic carbocycles. The number of carbonyl (C=O) groups excluding carboxylic acids is 2. The van der Waals surface area contributed by atoms with Crippen molar-refractivity contribution in [1.82, 2.24) is 16.0 Å². The summed E-state index contributed by atoms with van der Waals surface area (Å²) < 4.78 is 43.1. The Morgan fingerprint density at radius 2 is 1.62 bits per heavy atom. The first-order valence-corrected chi connectivity index (χ1v) is 8.97. The molecule has 0 aliphatic carbocycles. The molecule has 3 N–H and O–H groups in total. The van der Waals surface area contributed by atoms with Gasteiger partial charge >= 0.3 is 12.2 Å². The molecule has 0 atom stereocenters. The van der Waals surface area contributed by atoms with Gasteiger partial charge in [0, 0.05) is 19.5 Å². The molecule has 0 fully saturated rings. The second-order valence-electron chi connectivity index (χ2n) is 6.07. The van der Waals surface area contributed by atoms with E-state index < -0.39 is 17.8 Å². The molecule has 0 heterocycles. The molecule has 0 aromatic heterocycles. The molecule has 0 spiro atoms. The van der Waals surface area contributed by atoms with Gasteiger partial charge in [-0.1, -0.05) is 36.4 Å². The number of nitrogens with one attached hydrogen (secondary N) is 3. The van der Waals surface area contributed by atoms with Crippen LogP contribution in [0.1, 0.15) is 17.5 Å². The lowest BCUT2D eigenvalue weighted by Crippen LogP contribution is -2.39. The van der Waals surface area contributed by atoms with Crippen molar-refractivity contribution >= 4 is 11.9 Å². The molecule has 9 heteroatoms.